The van der Waals surface area contributed by atoms with Gasteiger partial charge in [0, 0.05) is 21.8 Å². The van der Waals surface area contributed by atoms with Gasteiger partial charge in [0.15, 0.2) is 0 Å². The Morgan fingerprint density at radius 3 is 2.57 bits per heavy atom. The van der Waals surface area contributed by atoms with Crippen molar-refractivity contribution in [2.45, 2.75) is 32.1 Å². The van der Waals surface area contributed by atoms with Crippen LogP contribution in [0.2, 0.25) is 0 Å². The molecule has 21 heavy (non-hydrogen) atoms. The Morgan fingerprint density at radius 1 is 1.43 bits per heavy atom. The van der Waals surface area contributed by atoms with Crippen LogP contribution < -0.4 is 16.0 Å². The van der Waals surface area contributed by atoms with Crippen LogP contribution in [-0.4, -0.2) is 24.7 Å². The van der Waals surface area contributed by atoms with Gasteiger partial charge in [-0.15, -0.1) is 0 Å². The number of fused-ring (bicyclic) bond motifs is 1. The van der Waals surface area contributed by atoms with E-state index in [0.29, 0.717) is 21.4 Å². The third-order valence-corrected chi connectivity index (χ3v) is 3.91. The van der Waals surface area contributed by atoms with Crippen LogP contribution in [0.4, 0.5) is 24.5 Å². The molecule has 1 aromatic carbocycles. The second-order valence-electron chi connectivity index (χ2n) is 5.19. The smallest absolute Gasteiger partial charge is 0.359 e. The van der Waals surface area contributed by atoms with E-state index in [1.807, 2.05) is 0 Å². The van der Waals surface area contributed by atoms with Crippen LogP contribution in [-0.2, 0) is 4.79 Å². The van der Waals surface area contributed by atoms with E-state index in [4.69, 9.17) is 5.73 Å². The van der Waals surface area contributed by atoms with Crippen LogP contribution in [0, 0.1) is 0 Å². The van der Waals surface area contributed by atoms with E-state index in [-0.39, 0.29) is 11.9 Å². The summed E-state index contributed by atoms with van der Waals surface area (Å²) in [5.74, 6) is -0.360. The van der Waals surface area contributed by atoms with Gasteiger partial charge in [-0.3, -0.25) is 4.79 Å². The maximum atomic E-state index is 12.7. The summed E-state index contributed by atoms with van der Waals surface area (Å²) >= 11 is 3.27. The molecule has 116 valence electrons. The zero-order valence-electron chi connectivity index (χ0n) is 11.5. The summed E-state index contributed by atoms with van der Waals surface area (Å²) in [7, 11) is 0. The molecule has 1 unspecified atom stereocenters. The predicted molar refractivity (Wildman–Crippen MR) is 78.2 cm³/mol. The monoisotopic (exact) mass is 365 g/mol. The number of alkyl halides is 3. The van der Waals surface area contributed by atoms with Crippen molar-refractivity contribution in [3.63, 3.8) is 0 Å². The lowest BCUT2D eigenvalue weighted by molar-refractivity contribution is -0.120. The summed E-state index contributed by atoms with van der Waals surface area (Å²) in [6.07, 6.45) is -4.32. The number of carbonyl (C=O) groups is 1. The summed E-state index contributed by atoms with van der Waals surface area (Å²) in [4.78, 5) is 12.8. The third kappa shape index (κ3) is 3.32. The Kier molecular flexibility index (Phi) is 4.21. The van der Waals surface area contributed by atoms with E-state index in [1.54, 1.807) is 19.9 Å². The summed E-state index contributed by atoms with van der Waals surface area (Å²) in [6.45, 7) is 2.29. The van der Waals surface area contributed by atoms with Gasteiger partial charge < -0.3 is 16.0 Å². The molecule has 4 nitrogen and oxygen atoms in total. The Bertz CT molecular complexity index is 575. The molecular weight excluding hydrogens is 351 g/mol. The standard InChI is InChI=1S/C13H15BrF3N3O/c1-6(2)20(5-13(15,16)17)10-4-9-7(3-8(10)14)11(18)12(21)19-9/h3-4,6,11H,5,18H2,1-2H3,(H,19,21). The number of halogens is 4. The fraction of sp³-hybridized carbons (Fsp3) is 0.462. The van der Waals surface area contributed by atoms with Gasteiger partial charge in [0.25, 0.3) is 0 Å². The molecule has 0 saturated heterocycles. The van der Waals surface area contributed by atoms with E-state index in [1.165, 1.54) is 11.0 Å². The minimum atomic E-state index is -4.32. The summed E-state index contributed by atoms with van der Waals surface area (Å²) in [5, 5.41) is 2.58. The highest BCUT2D eigenvalue weighted by Gasteiger charge is 2.34. The average molecular weight is 366 g/mol. The van der Waals surface area contributed by atoms with Gasteiger partial charge in [-0.05, 0) is 41.9 Å². The molecular formula is C13H15BrF3N3O. The number of nitrogens with zero attached hydrogens (tertiary/aromatic N) is 1. The molecule has 0 radical (unpaired) electrons. The third-order valence-electron chi connectivity index (χ3n) is 3.28. The lowest BCUT2D eigenvalue weighted by Crippen LogP contribution is -2.39. The van der Waals surface area contributed by atoms with Gasteiger partial charge in [-0.2, -0.15) is 13.2 Å². The minimum absolute atomic E-state index is 0.355. The number of nitrogens with two attached hydrogens (primary N) is 1. The molecule has 8 heteroatoms. The van der Waals surface area contributed by atoms with Crippen LogP contribution in [0.3, 0.4) is 0 Å². The SMILES string of the molecule is CC(C)N(CC(F)(F)F)c1cc2c(cc1Br)C(N)C(=O)N2. The molecule has 1 amide bonds. The molecule has 0 spiro atoms. The lowest BCUT2D eigenvalue weighted by atomic mass is 10.1. The molecule has 1 aromatic rings. The van der Waals surface area contributed by atoms with Gasteiger partial charge in [0.1, 0.15) is 12.6 Å². The molecule has 1 aliphatic rings. The second kappa shape index (κ2) is 5.49. The Morgan fingerprint density at radius 2 is 2.05 bits per heavy atom. The van der Waals surface area contributed by atoms with Crippen LogP contribution in [0.15, 0.2) is 16.6 Å². The van der Waals surface area contributed by atoms with Crippen LogP contribution >= 0.6 is 15.9 Å². The van der Waals surface area contributed by atoms with Gasteiger partial charge in [-0.25, -0.2) is 0 Å². The number of nitrogens with one attached hydrogen (secondary N) is 1. The van der Waals surface area contributed by atoms with E-state index >= 15 is 0 Å². The molecule has 0 saturated carbocycles. The molecule has 1 heterocycles. The molecule has 0 fully saturated rings. The lowest BCUT2D eigenvalue weighted by Gasteiger charge is -2.31. The number of anilines is 2. The van der Waals surface area contributed by atoms with E-state index < -0.39 is 18.8 Å². The maximum absolute atomic E-state index is 12.7. The first-order valence-corrected chi connectivity index (χ1v) is 7.12. The fourth-order valence-electron chi connectivity index (χ4n) is 2.25. The first-order chi connectivity index (χ1) is 9.60. The highest BCUT2D eigenvalue weighted by Crippen LogP contribution is 2.39. The Hall–Kier alpha value is -1.28. The highest BCUT2D eigenvalue weighted by molar-refractivity contribution is 9.10. The normalized spacial score (nSPS) is 17.9. The van der Waals surface area contributed by atoms with E-state index in [2.05, 4.69) is 21.2 Å². The maximum Gasteiger partial charge on any atom is 0.405 e. The average Bonchev–Trinajstić information content (AvgIpc) is 2.61. The van der Waals surface area contributed by atoms with Crippen molar-refractivity contribution in [2.24, 2.45) is 5.73 Å². The van der Waals surface area contributed by atoms with E-state index in [0.717, 1.165) is 0 Å². The zero-order valence-corrected chi connectivity index (χ0v) is 13.0. The second-order valence-corrected chi connectivity index (χ2v) is 6.05. The Balaban J connectivity index is 2.44. The van der Waals surface area contributed by atoms with Gasteiger partial charge in [0.05, 0.1) is 5.69 Å². The number of carbonyl (C=O) groups excluding carboxylic acids is 1. The number of rotatable bonds is 3. The van der Waals surface area contributed by atoms with Crippen molar-refractivity contribution < 1.29 is 18.0 Å². The molecule has 3 N–H and O–H groups in total. The molecule has 0 aliphatic carbocycles. The summed E-state index contributed by atoms with van der Waals surface area (Å²) in [6, 6.07) is 1.97. The molecule has 0 aromatic heterocycles. The predicted octanol–water partition coefficient (Wildman–Crippen LogP) is 3.18. The topological polar surface area (TPSA) is 58.4 Å². The largest absolute Gasteiger partial charge is 0.405 e. The van der Waals surface area contributed by atoms with Crippen LogP contribution in [0.5, 0.6) is 0 Å². The van der Waals surface area contributed by atoms with Gasteiger partial charge >= 0.3 is 6.18 Å². The first kappa shape index (κ1) is 16.1. The highest BCUT2D eigenvalue weighted by atomic mass is 79.9. The van der Waals surface area contributed by atoms with Crippen LogP contribution in [0.25, 0.3) is 0 Å². The number of benzene rings is 1. The van der Waals surface area contributed by atoms with Crippen LogP contribution in [0.1, 0.15) is 25.5 Å². The zero-order chi connectivity index (χ0) is 15.9. The Labute approximate surface area is 128 Å². The summed E-state index contributed by atoms with van der Waals surface area (Å²) in [5.41, 5.74) is 7.12. The van der Waals surface area contributed by atoms with Crippen molar-refractivity contribution in [2.75, 3.05) is 16.8 Å². The van der Waals surface area contributed by atoms with Crippen molar-refractivity contribution >= 4 is 33.2 Å². The van der Waals surface area contributed by atoms with Crippen molar-refractivity contribution in [3.8, 4) is 0 Å². The van der Waals surface area contributed by atoms with Crippen molar-refractivity contribution in [3.05, 3.63) is 22.2 Å². The molecule has 1 atom stereocenters. The van der Waals surface area contributed by atoms with Gasteiger partial charge in [0.2, 0.25) is 5.91 Å². The summed E-state index contributed by atoms with van der Waals surface area (Å²) < 4.78 is 38.7. The van der Waals surface area contributed by atoms with Gasteiger partial charge in [-0.1, -0.05) is 0 Å². The molecule has 0 bridgehead atoms. The number of amides is 1. The number of hydrogen-bond acceptors (Lipinski definition) is 3. The minimum Gasteiger partial charge on any atom is -0.359 e. The fourth-order valence-corrected chi connectivity index (χ4v) is 2.84. The van der Waals surface area contributed by atoms with Crippen molar-refractivity contribution in [1.82, 2.24) is 0 Å². The number of hydrogen-bond donors (Lipinski definition) is 2. The van der Waals surface area contributed by atoms with Crippen molar-refractivity contribution in [1.29, 1.82) is 0 Å². The van der Waals surface area contributed by atoms with E-state index in [9.17, 15) is 18.0 Å². The molecule has 2 rings (SSSR count). The molecule has 1 aliphatic heterocycles. The first-order valence-electron chi connectivity index (χ1n) is 6.33. The quantitative estimate of drug-likeness (QED) is 0.864.